The van der Waals surface area contributed by atoms with Crippen molar-refractivity contribution in [2.75, 3.05) is 19.6 Å². The smallest absolute Gasteiger partial charge is 0.261 e. The second-order valence-electron chi connectivity index (χ2n) is 5.14. The Balaban J connectivity index is 1.73. The molecule has 0 spiro atoms. The van der Waals surface area contributed by atoms with Crippen molar-refractivity contribution in [3.8, 4) is 0 Å². The molecule has 110 valence electrons. The van der Waals surface area contributed by atoms with Gasteiger partial charge in [-0.25, -0.2) is 0 Å². The third kappa shape index (κ3) is 3.60. The van der Waals surface area contributed by atoms with Crippen LogP contribution < -0.4 is 5.32 Å². The fourth-order valence-electron chi connectivity index (χ4n) is 2.48. The number of nitrogens with zero attached hydrogens (tertiary/aromatic N) is 1. The van der Waals surface area contributed by atoms with E-state index in [1.807, 2.05) is 11.0 Å². The van der Waals surface area contributed by atoms with Crippen molar-refractivity contribution < 1.29 is 9.59 Å². The Morgan fingerprint density at radius 1 is 1.50 bits per heavy atom. The lowest BCUT2D eigenvalue weighted by Crippen LogP contribution is -2.30. The van der Waals surface area contributed by atoms with Gasteiger partial charge in [-0.3, -0.25) is 9.59 Å². The summed E-state index contributed by atoms with van der Waals surface area (Å²) in [6.07, 6.45) is 3.44. The average molecular weight is 294 g/mol. The largest absolute Gasteiger partial charge is 0.351 e. The number of nitrogens with one attached hydrogen (secondary N) is 1. The summed E-state index contributed by atoms with van der Waals surface area (Å²) in [5, 5.41) is 2.94. The Labute approximate surface area is 124 Å². The number of carbonyl (C=O) groups excluding carboxylic acids is 2. The van der Waals surface area contributed by atoms with E-state index in [9.17, 15) is 9.59 Å². The van der Waals surface area contributed by atoms with Crippen molar-refractivity contribution in [1.29, 1.82) is 0 Å². The number of hydrogen-bond donors (Lipinski definition) is 1. The van der Waals surface area contributed by atoms with E-state index in [4.69, 9.17) is 0 Å². The minimum atomic E-state index is 0.00514. The third-order valence-electron chi connectivity index (χ3n) is 3.69. The number of likely N-dealkylation sites (tertiary alicyclic amines) is 1. The fraction of sp³-hybridized carbons (Fsp3) is 0.600. The molecule has 20 heavy (non-hydrogen) atoms. The van der Waals surface area contributed by atoms with Crippen molar-refractivity contribution in [1.82, 2.24) is 10.2 Å². The van der Waals surface area contributed by atoms with Gasteiger partial charge in [0.1, 0.15) is 0 Å². The molecule has 4 nitrogen and oxygen atoms in total. The number of amides is 2. The van der Waals surface area contributed by atoms with Crippen molar-refractivity contribution in [2.45, 2.75) is 39.5 Å². The van der Waals surface area contributed by atoms with Crippen LogP contribution in [0.2, 0.25) is 0 Å². The molecule has 1 fully saturated rings. The van der Waals surface area contributed by atoms with Crippen LogP contribution in [0, 0.1) is 6.92 Å². The summed E-state index contributed by atoms with van der Waals surface area (Å²) in [7, 11) is 0. The maximum Gasteiger partial charge on any atom is 0.261 e. The lowest BCUT2D eigenvalue weighted by Gasteiger charge is -2.15. The van der Waals surface area contributed by atoms with E-state index in [1.54, 1.807) is 11.3 Å². The molecule has 0 aromatic carbocycles. The average Bonchev–Trinajstić information content (AvgIpc) is 3.00. The Morgan fingerprint density at radius 2 is 2.30 bits per heavy atom. The van der Waals surface area contributed by atoms with E-state index in [2.05, 4.69) is 19.2 Å². The van der Waals surface area contributed by atoms with Crippen LogP contribution in [0.5, 0.6) is 0 Å². The van der Waals surface area contributed by atoms with Crippen LogP contribution in [0.3, 0.4) is 0 Å². The Morgan fingerprint density at radius 3 is 2.90 bits per heavy atom. The first-order valence-electron chi connectivity index (χ1n) is 7.27. The number of aryl methyl sites for hydroxylation is 2. The zero-order chi connectivity index (χ0) is 14.5. The Hall–Kier alpha value is -1.36. The highest BCUT2D eigenvalue weighted by Crippen LogP contribution is 2.21. The molecular weight excluding hydrogens is 272 g/mol. The highest BCUT2D eigenvalue weighted by molar-refractivity contribution is 7.14. The second kappa shape index (κ2) is 6.88. The predicted octanol–water partition coefficient (Wildman–Crippen LogP) is 2.36. The van der Waals surface area contributed by atoms with Gasteiger partial charge in [-0.2, -0.15) is 0 Å². The van der Waals surface area contributed by atoms with Gasteiger partial charge in [-0.1, -0.05) is 6.92 Å². The molecule has 1 aliphatic rings. The first-order chi connectivity index (χ1) is 9.61. The molecule has 1 aromatic heterocycles. The summed E-state index contributed by atoms with van der Waals surface area (Å²) in [6.45, 7) is 6.41. The van der Waals surface area contributed by atoms with E-state index in [0.717, 1.165) is 37.2 Å². The lowest BCUT2D eigenvalue weighted by atomic mass is 10.2. The van der Waals surface area contributed by atoms with Gasteiger partial charge in [0.15, 0.2) is 0 Å². The number of thiophene rings is 1. The first-order valence-corrected chi connectivity index (χ1v) is 8.08. The monoisotopic (exact) mass is 294 g/mol. The summed E-state index contributed by atoms with van der Waals surface area (Å²) >= 11 is 1.55. The van der Waals surface area contributed by atoms with Crippen LogP contribution in [0.25, 0.3) is 0 Å². The normalized spacial score (nSPS) is 14.9. The van der Waals surface area contributed by atoms with Gasteiger partial charge in [0, 0.05) is 30.9 Å². The molecule has 2 heterocycles. The lowest BCUT2D eigenvalue weighted by molar-refractivity contribution is -0.127. The molecule has 2 amide bonds. The summed E-state index contributed by atoms with van der Waals surface area (Å²) in [6, 6.07) is 1.99. The Kier molecular flexibility index (Phi) is 5.17. The SMILES string of the molecule is CCc1cc(C(=O)NCCCN2CCCC2=O)sc1C. The molecule has 0 aliphatic carbocycles. The van der Waals surface area contributed by atoms with Crippen LogP contribution in [-0.4, -0.2) is 36.3 Å². The minimum Gasteiger partial charge on any atom is -0.351 e. The van der Waals surface area contributed by atoms with Crippen LogP contribution in [0.4, 0.5) is 0 Å². The maximum absolute atomic E-state index is 12.0. The molecule has 1 N–H and O–H groups in total. The molecule has 0 unspecified atom stereocenters. The van der Waals surface area contributed by atoms with Gasteiger partial charge < -0.3 is 10.2 Å². The fourth-order valence-corrected chi connectivity index (χ4v) is 3.51. The topological polar surface area (TPSA) is 49.4 Å². The van der Waals surface area contributed by atoms with E-state index in [0.29, 0.717) is 13.0 Å². The zero-order valence-corrected chi connectivity index (χ0v) is 13.0. The number of hydrogen-bond acceptors (Lipinski definition) is 3. The van der Waals surface area contributed by atoms with Gasteiger partial charge in [0.25, 0.3) is 5.91 Å². The summed E-state index contributed by atoms with van der Waals surface area (Å²) in [5.74, 6) is 0.253. The van der Waals surface area contributed by atoms with E-state index >= 15 is 0 Å². The van der Waals surface area contributed by atoms with Crippen LogP contribution >= 0.6 is 11.3 Å². The van der Waals surface area contributed by atoms with Crippen molar-refractivity contribution in [3.63, 3.8) is 0 Å². The second-order valence-corrected chi connectivity index (χ2v) is 6.40. The summed E-state index contributed by atoms with van der Waals surface area (Å²) < 4.78 is 0. The molecule has 1 saturated heterocycles. The molecule has 0 bridgehead atoms. The van der Waals surface area contributed by atoms with Gasteiger partial charge in [-0.05, 0) is 37.8 Å². The number of carbonyl (C=O) groups is 2. The van der Waals surface area contributed by atoms with Crippen molar-refractivity contribution >= 4 is 23.2 Å². The van der Waals surface area contributed by atoms with E-state index in [-0.39, 0.29) is 11.8 Å². The summed E-state index contributed by atoms with van der Waals surface area (Å²) in [5.41, 5.74) is 1.25. The highest BCUT2D eigenvalue weighted by atomic mass is 32.1. The predicted molar refractivity (Wildman–Crippen MR) is 81.2 cm³/mol. The van der Waals surface area contributed by atoms with Crippen LogP contribution in [-0.2, 0) is 11.2 Å². The Bertz CT molecular complexity index is 496. The van der Waals surface area contributed by atoms with E-state index < -0.39 is 0 Å². The quantitative estimate of drug-likeness (QED) is 0.819. The summed E-state index contributed by atoms with van der Waals surface area (Å²) in [4.78, 5) is 27.3. The number of rotatable bonds is 6. The van der Waals surface area contributed by atoms with Crippen molar-refractivity contribution in [3.05, 3.63) is 21.4 Å². The molecule has 2 rings (SSSR count). The standard InChI is InChI=1S/C15H22N2O2S/c1-3-12-10-13(20-11(12)2)15(19)16-7-5-9-17-8-4-6-14(17)18/h10H,3-9H2,1-2H3,(H,16,19). The van der Waals surface area contributed by atoms with Crippen molar-refractivity contribution in [2.24, 2.45) is 0 Å². The zero-order valence-electron chi connectivity index (χ0n) is 12.2. The molecule has 1 aromatic rings. The highest BCUT2D eigenvalue weighted by Gasteiger charge is 2.19. The molecule has 5 heteroatoms. The van der Waals surface area contributed by atoms with Gasteiger partial charge in [0.05, 0.1) is 4.88 Å². The molecule has 0 saturated carbocycles. The van der Waals surface area contributed by atoms with Crippen LogP contribution in [0.15, 0.2) is 6.07 Å². The molecule has 1 aliphatic heterocycles. The van der Waals surface area contributed by atoms with Crippen LogP contribution in [0.1, 0.15) is 46.3 Å². The molecule has 0 atom stereocenters. The first kappa shape index (κ1) is 15.0. The minimum absolute atomic E-state index is 0.00514. The molecular formula is C15H22N2O2S. The van der Waals surface area contributed by atoms with Gasteiger partial charge >= 0.3 is 0 Å². The van der Waals surface area contributed by atoms with Gasteiger partial charge in [-0.15, -0.1) is 11.3 Å². The maximum atomic E-state index is 12.0. The molecule has 0 radical (unpaired) electrons. The third-order valence-corrected chi connectivity index (χ3v) is 4.78. The van der Waals surface area contributed by atoms with Gasteiger partial charge in [0.2, 0.25) is 5.91 Å². The van der Waals surface area contributed by atoms with E-state index in [1.165, 1.54) is 10.4 Å².